The van der Waals surface area contributed by atoms with Gasteiger partial charge in [0.15, 0.2) is 0 Å². The van der Waals surface area contributed by atoms with E-state index < -0.39 is 4.92 Å². The Morgan fingerprint density at radius 1 is 1.37 bits per heavy atom. The number of hydrogen-bond acceptors (Lipinski definition) is 5. The Hall–Kier alpha value is -1.37. The summed E-state index contributed by atoms with van der Waals surface area (Å²) in [5.41, 5.74) is 0.444. The van der Waals surface area contributed by atoms with Crippen LogP contribution in [0.1, 0.15) is 6.42 Å². The second-order valence-corrected chi connectivity index (χ2v) is 4.24. The van der Waals surface area contributed by atoms with E-state index in [1.54, 1.807) is 13.2 Å². The normalized spacial score (nSPS) is 10.4. The number of ether oxygens (including phenoxy) is 2. The highest BCUT2D eigenvalue weighted by molar-refractivity contribution is 6.31. The molecular weight excluding hydrogens is 272 g/mol. The van der Waals surface area contributed by atoms with Crippen LogP contribution >= 0.6 is 11.6 Å². The molecule has 1 N–H and O–H groups in total. The molecule has 0 saturated heterocycles. The second-order valence-electron chi connectivity index (χ2n) is 3.80. The predicted octanol–water partition coefficient (Wildman–Crippen LogP) is 2.71. The standard InChI is InChI=1S/C12H17ClN2O4/c1-18-7-8-19-6-2-5-14-11-9-10(13)3-4-12(11)15(16)17/h3-4,9,14H,2,5-8H2,1H3. The van der Waals surface area contributed by atoms with Gasteiger partial charge < -0.3 is 14.8 Å². The maximum Gasteiger partial charge on any atom is 0.292 e. The summed E-state index contributed by atoms with van der Waals surface area (Å²) in [5.74, 6) is 0. The summed E-state index contributed by atoms with van der Waals surface area (Å²) in [4.78, 5) is 10.4. The Morgan fingerprint density at radius 2 is 2.16 bits per heavy atom. The second kappa shape index (κ2) is 8.68. The molecule has 6 nitrogen and oxygen atoms in total. The SMILES string of the molecule is COCCOCCCNc1cc(Cl)ccc1[N+](=O)[O-]. The minimum atomic E-state index is -0.437. The molecule has 0 bridgehead atoms. The third kappa shape index (κ3) is 5.87. The smallest absolute Gasteiger partial charge is 0.292 e. The van der Waals surface area contributed by atoms with Crippen LogP contribution in [0.2, 0.25) is 5.02 Å². The first-order chi connectivity index (χ1) is 9.15. The molecule has 0 amide bonds. The van der Waals surface area contributed by atoms with Gasteiger partial charge in [0.1, 0.15) is 5.69 Å². The van der Waals surface area contributed by atoms with Crippen LogP contribution in [0.3, 0.4) is 0 Å². The van der Waals surface area contributed by atoms with Crippen molar-refractivity contribution in [1.29, 1.82) is 0 Å². The summed E-state index contributed by atoms with van der Waals surface area (Å²) in [6.45, 7) is 2.26. The van der Waals surface area contributed by atoms with Crippen molar-refractivity contribution in [3.8, 4) is 0 Å². The lowest BCUT2D eigenvalue weighted by atomic mass is 10.2. The summed E-state index contributed by atoms with van der Waals surface area (Å²) >= 11 is 5.82. The Kier molecular flexibility index (Phi) is 7.17. The summed E-state index contributed by atoms with van der Waals surface area (Å²) < 4.78 is 10.1. The van der Waals surface area contributed by atoms with E-state index in [0.29, 0.717) is 37.1 Å². The summed E-state index contributed by atoms with van der Waals surface area (Å²) in [6, 6.07) is 4.43. The van der Waals surface area contributed by atoms with E-state index in [-0.39, 0.29) is 5.69 Å². The molecular formula is C12H17ClN2O4. The highest BCUT2D eigenvalue weighted by Gasteiger charge is 2.12. The third-order valence-corrected chi connectivity index (χ3v) is 2.60. The van der Waals surface area contributed by atoms with E-state index in [1.807, 2.05) is 0 Å². The van der Waals surface area contributed by atoms with Gasteiger partial charge in [0, 0.05) is 31.4 Å². The summed E-state index contributed by atoms with van der Waals surface area (Å²) in [5, 5.41) is 14.3. The lowest BCUT2D eigenvalue weighted by molar-refractivity contribution is -0.384. The van der Waals surface area contributed by atoms with E-state index in [4.69, 9.17) is 21.1 Å². The number of nitrogens with zero attached hydrogens (tertiary/aromatic N) is 1. The Bertz CT molecular complexity index is 415. The molecule has 0 fully saturated rings. The van der Waals surface area contributed by atoms with E-state index in [0.717, 1.165) is 6.42 Å². The van der Waals surface area contributed by atoms with Crippen LogP contribution in [0.15, 0.2) is 18.2 Å². The van der Waals surface area contributed by atoms with Gasteiger partial charge in [-0.2, -0.15) is 0 Å². The molecule has 106 valence electrons. The van der Waals surface area contributed by atoms with Gasteiger partial charge in [-0.05, 0) is 18.6 Å². The molecule has 0 aliphatic carbocycles. The average molecular weight is 289 g/mol. The number of nitrogens with one attached hydrogen (secondary N) is 1. The molecule has 1 aromatic carbocycles. The van der Waals surface area contributed by atoms with Gasteiger partial charge in [0.05, 0.1) is 18.1 Å². The Balaban J connectivity index is 2.36. The van der Waals surface area contributed by atoms with Crippen LogP contribution in [0.25, 0.3) is 0 Å². The highest BCUT2D eigenvalue weighted by atomic mass is 35.5. The molecule has 1 rings (SSSR count). The molecule has 0 atom stereocenters. The fourth-order valence-electron chi connectivity index (χ4n) is 1.45. The number of nitro groups is 1. The first-order valence-corrected chi connectivity index (χ1v) is 6.27. The van der Waals surface area contributed by atoms with Crippen molar-refractivity contribution in [3.63, 3.8) is 0 Å². The first kappa shape index (κ1) is 15.7. The topological polar surface area (TPSA) is 73.6 Å². The molecule has 0 heterocycles. The molecule has 0 aliphatic rings. The molecule has 0 radical (unpaired) electrons. The van der Waals surface area contributed by atoms with Crippen molar-refractivity contribution in [2.45, 2.75) is 6.42 Å². The fourth-order valence-corrected chi connectivity index (χ4v) is 1.62. The zero-order chi connectivity index (χ0) is 14.1. The molecule has 0 aromatic heterocycles. The zero-order valence-electron chi connectivity index (χ0n) is 10.7. The monoisotopic (exact) mass is 288 g/mol. The van der Waals surface area contributed by atoms with E-state index >= 15 is 0 Å². The van der Waals surface area contributed by atoms with Crippen molar-refractivity contribution in [1.82, 2.24) is 0 Å². The number of rotatable bonds is 9. The van der Waals surface area contributed by atoms with E-state index in [1.165, 1.54) is 12.1 Å². The molecule has 0 spiro atoms. The number of benzene rings is 1. The lowest BCUT2D eigenvalue weighted by Crippen LogP contribution is -2.09. The van der Waals surface area contributed by atoms with Crippen molar-refractivity contribution in [2.75, 3.05) is 38.8 Å². The van der Waals surface area contributed by atoms with Crippen LogP contribution < -0.4 is 5.32 Å². The van der Waals surface area contributed by atoms with Crippen molar-refractivity contribution in [3.05, 3.63) is 33.3 Å². The number of halogens is 1. The molecule has 0 unspecified atom stereocenters. The van der Waals surface area contributed by atoms with Crippen molar-refractivity contribution >= 4 is 23.0 Å². The minimum Gasteiger partial charge on any atom is -0.382 e. The molecule has 1 aromatic rings. The maximum absolute atomic E-state index is 10.8. The van der Waals surface area contributed by atoms with Crippen molar-refractivity contribution in [2.24, 2.45) is 0 Å². The molecule has 0 aliphatic heterocycles. The van der Waals surface area contributed by atoms with E-state index in [9.17, 15) is 10.1 Å². The van der Waals surface area contributed by atoms with Crippen LogP contribution in [0.4, 0.5) is 11.4 Å². The van der Waals surface area contributed by atoms with Gasteiger partial charge in [0.25, 0.3) is 5.69 Å². The summed E-state index contributed by atoms with van der Waals surface area (Å²) in [6.07, 6.45) is 0.743. The minimum absolute atomic E-state index is 0.0182. The number of anilines is 1. The first-order valence-electron chi connectivity index (χ1n) is 5.89. The largest absolute Gasteiger partial charge is 0.382 e. The summed E-state index contributed by atoms with van der Waals surface area (Å²) in [7, 11) is 1.61. The Morgan fingerprint density at radius 3 is 2.84 bits per heavy atom. The van der Waals surface area contributed by atoms with Crippen LogP contribution in [0, 0.1) is 10.1 Å². The quantitative estimate of drug-likeness (QED) is 0.430. The predicted molar refractivity (Wildman–Crippen MR) is 73.9 cm³/mol. The van der Waals surface area contributed by atoms with Crippen LogP contribution in [0.5, 0.6) is 0 Å². The average Bonchev–Trinajstić information content (AvgIpc) is 2.37. The zero-order valence-corrected chi connectivity index (χ0v) is 11.5. The van der Waals surface area contributed by atoms with Crippen LogP contribution in [-0.4, -0.2) is 38.4 Å². The van der Waals surface area contributed by atoms with Gasteiger partial charge in [-0.25, -0.2) is 0 Å². The van der Waals surface area contributed by atoms with Crippen LogP contribution in [-0.2, 0) is 9.47 Å². The fraction of sp³-hybridized carbons (Fsp3) is 0.500. The Labute approximate surface area is 116 Å². The van der Waals surface area contributed by atoms with Crippen molar-refractivity contribution < 1.29 is 14.4 Å². The van der Waals surface area contributed by atoms with Gasteiger partial charge in [-0.15, -0.1) is 0 Å². The number of nitro benzene ring substituents is 1. The lowest BCUT2D eigenvalue weighted by Gasteiger charge is -2.08. The molecule has 0 saturated carbocycles. The third-order valence-electron chi connectivity index (χ3n) is 2.37. The highest BCUT2D eigenvalue weighted by Crippen LogP contribution is 2.27. The molecule has 7 heteroatoms. The van der Waals surface area contributed by atoms with Gasteiger partial charge in [-0.3, -0.25) is 10.1 Å². The van der Waals surface area contributed by atoms with Gasteiger partial charge in [0.2, 0.25) is 0 Å². The number of hydrogen-bond donors (Lipinski definition) is 1. The number of methoxy groups -OCH3 is 1. The van der Waals surface area contributed by atoms with Gasteiger partial charge in [-0.1, -0.05) is 11.6 Å². The van der Waals surface area contributed by atoms with Gasteiger partial charge >= 0.3 is 0 Å². The molecule has 19 heavy (non-hydrogen) atoms. The van der Waals surface area contributed by atoms with E-state index in [2.05, 4.69) is 5.32 Å². The maximum atomic E-state index is 10.8.